The lowest BCUT2D eigenvalue weighted by atomic mass is 9.90. The Kier molecular flexibility index (Phi) is 5.84. The van der Waals surface area contributed by atoms with Gasteiger partial charge in [-0.1, -0.05) is 6.07 Å². The fraction of sp³-hybridized carbons (Fsp3) is 0.667. The number of nitrogens with one attached hydrogen (secondary N) is 1. The molecule has 134 valence electrons. The van der Waals surface area contributed by atoms with Gasteiger partial charge in [0, 0.05) is 50.8 Å². The highest BCUT2D eigenvalue weighted by Gasteiger charge is 2.40. The van der Waals surface area contributed by atoms with Crippen molar-refractivity contribution in [3.8, 4) is 0 Å². The first-order valence-corrected chi connectivity index (χ1v) is 8.51. The Morgan fingerprint density at radius 2 is 1.88 bits per heavy atom. The van der Waals surface area contributed by atoms with E-state index < -0.39 is 6.29 Å². The maximum atomic E-state index is 14.1. The summed E-state index contributed by atoms with van der Waals surface area (Å²) < 4.78 is 36.0. The minimum atomic E-state index is -0.476. The average Bonchev–Trinajstić information content (AvgIpc) is 3.06. The van der Waals surface area contributed by atoms with Crippen LogP contribution in [0.15, 0.2) is 18.2 Å². The molecular weight excluding hydrogens is 313 g/mol. The van der Waals surface area contributed by atoms with Crippen LogP contribution >= 0.6 is 0 Å². The zero-order valence-electron chi connectivity index (χ0n) is 14.3. The van der Waals surface area contributed by atoms with Gasteiger partial charge >= 0.3 is 0 Å². The van der Waals surface area contributed by atoms with Crippen LogP contribution < -0.4 is 5.32 Å². The van der Waals surface area contributed by atoms with E-state index in [0.717, 1.165) is 31.2 Å². The molecule has 0 bridgehead atoms. The van der Waals surface area contributed by atoms with E-state index >= 15 is 0 Å². The summed E-state index contributed by atoms with van der Waals surface area (Å²) >= 11 is 0. The highest BCUT2D eigenvalue weighted by molar-refractivity contribution is 5.26. The first-order chi connectivity index (χ1) is 11.7. The molecule has 1 saturated carbocycles. The lowest BCUT2D eigenvalue weighted by Crippen LogP contribution is -2.41. The van der Waals surface area contributed by atoms with E-state index in [1.54, 1.807) is 26.4 Å². The van der Waals surface area contributed by atoms with Crippen molar-refractivity contribution in [2.24, 2.45) is 0 Å². The third-order valence-corrected chi connectivity index (χ3v) is 4.91. The Morgan fingerprint density at radius 1 is 1.21 bits per heavy atom. The lowest BCUT2D eigenvalue weighted by molar-refractivity contribution is -0.179. The molecule has 0 atom stereocenters. The van der Waals surface area contributed by atoms with Crippen LogP contribution in [-0.2, 0) is 25.5 Å². The van der Waals surface area contributed by atoms with E-state index in [1.165, 1.54) is 6.07 Å². The second kappa shape index (κ2) is 7.89. The zero-order chi connectivity index (χ0) is 17.0. The van der Waals surface area contributed by atoms with Gasteiger partial charge in [0.25, 0.3) is 0 Å². The van der Waals surface area contributed by atoms with Gasteiger partial charge in [-0.2, -0.15) is 0 Å². The van der Waals surface area contributed by atoms with Gasteiger partial charge in [-0.3, -0.25) is 0 Å². The van der Waals surface area contributed by atoms with E-state index in [9.17, 15) is 4.39 Å². The maximum absolute atomic E-state index is 14.1. The van der Waals surface area contributed by atoms with E-state index in [1.807, 2.05) is 0 Å². The molecule has 0 radical (unpaired) electrons. The van der Waals surface area contributed by atoms with E-state index in [-0.39, 0.29) is 11.6 Å². The number of rotatable bonds is 6. The topological polar surface area (TPSA) is 49.0 Å². The SMILES string of the molecule is COC(OC)c1ccc(F)c(CNC2CCC3(CC2)OCCO3)c1. The predicted molar refractivity (Wildman–Crippen MR) is 86.9 cm³/mol. The first-order valence-electron chi connectivity index (χ1n) is 8.51. The summed E-state index contributed by atoms with van der Waals surface area (Å²) in [5.74, 6) is -0.569. The molecule has 2 fully saturated rings. The second-order valence-corrected chi connectivity index (χ2v) is 6.42. The number of hydrogen-bond donors (Lipinski definition) is 1. The van der Waals surface area contributed by atoms with E-state index in [4.69, 9.17) is 18.9 Å². The van der Waals surface area contributed by atoms with Crippen molar-refractivity contribution in [2.75, 3.05) is 27.4 Å². The molecule has 6 heteroatoms. The van der Waals surface area contributed by atoms with Crippen LogP contribution in [0.1, 0.15) is 43.1 Å². The fourth-order valence-corrected chi connectivity index (χ4v) is 3.55. The van der Waals surface area contributed by atoms with Gasteiger partial charge in [0.2, 0.25) is 0 Å². The summed E-state index contributed by atoms with van der Waals surface area (Å²) in [6.45, 7) is 1.87. The molecule has 0 unspecified atom stereocenters. The van der Waals surface area contributed by atoms with Crippen LogP contribution in [0, 0.1) is 5.82 Å². The van der Waals surface area contributed by atoms with Gasteiger partial charge in [-0.05, 0) is 25.0 Å². The Morgan fingerprint density at radius 3 is 2.50 bits per heavy atom. The predicted octanol–water partition coefficient (Wildman–Crippen LogP) is 2.89. The molecule has 5 nitrogen and oxygen atoms in total. The largest absolute Gasteiger partial charge is 0.352 e. The number of ether oxygens (including phenoxy) is 4. The van der Waals surface area contributed by atoms with Crippen molar-refractivity contribution in [1.82, 2.24) is 5.32 Å². The van der Waals surface area contributed by atoms with E-state index in [2.05, 4.69) is 5.32 Å². The van der Waals surface area contributed by atoms with Crippen LogP contribution in [0.2, 0.25) is 0 Å². The van der Waals surface area contributed by atoms with Gasteiger partial charge in [0.05, 0.1) is 13.2 Å². The molecule has 0 amide bonds. The summed E-state index contributed by atoms with van der Waals surface area (Å²) in [7, 11) is 3.14. The third-order valence-electron chi connectivity index (χ3n) is 4.91. The zero-order valence-corrected chi connectivity index (χ0v) is 14.3. The maximum Gasteiger partial charge on any atom is 0.183 e. The minimum absolute atomic E-state index is 0.216. The summed E-state index contributed by atoms with van der Waals surface area (Å²) in [5.41, 5.74) is 1.44. The number of halogens is 1. The lowest BCUT2D eigenvalue weighted by Gasteiger charge is -2.35. The molecule has 0 aromatic heterocycles. The van der Waals surface area contributed by atoms with Gasteiger partial charge in [-0.15, -0.1) is 0 Å². The van der Waals surface area contributed by atoms with E-state index in [0.29, 0.717) is 31.4 Å². The van der Waals surface area contributed by atoms with Crippen molar-refractivity contribution in [3.63, 3.8) is 0 Å². The van der Waals surface area contributed by atoms with Crippen molar-refractivity contribution >= 4 is 0 Å². The van der Waals surface area contributed by atoms with Gasteiger partial charge in [0.15, 0.2) is 12.1 Å². The van der Waals surface area contributed by atoms with Crippen LogP contribution in [0.5, 0.6) is 0 Å². The summed E-state index contributed by atoms with van der Waals surface area (Å²) in [4.78, 5) is 0. The molecule has 1 aliphatic carbocycles. The molecule has 2 aliphatic rings. The molecule has 1 spiro atoms. The Labute approximate surface area is 142 Å². The fourth-order valence-electron chi connectivity index (χ4n) is 3.55. The van der Waals surface area contributed by atoms with Crippen LogP contribution in [0.25, 0.3) is 0 Å². The molecule has 24 heavy (non-hydrogen) atoms. The minimum Gasteiger partial charge on any atom is -0.352 e. The van der Waals surface area contributed by atoms with Crippen LogP contribution in [0.3, 0.4) is 0 Å². The summed E-state index contributed by atoms with van der Waals surface area (Å²) in [6.07, 6.45) is 3.25. The van der Waals surface area contributed by atoms with Gasteiger partial charge in [-0.25, -0.2) is 4.39 Å². The van der Waals surface area contributed by atoms with Crippen molar-refractivity contribution in [3.05, 3.63) is 35.1 Å². The quantitative estimate of drug-likeness (QED) is 0.808. The molecule has 1 aromatic carbocycles. The second-order valence-electron chi connectivity index (χ2n) is 6.42. The molecule has 1 saturated heterocycles. The molecule has 3 rings (SSSR count). The summed E-state index contributed by atoms with van der Waals surface area (Å²) in [5, 5.41) is 3.45. The number of methoxy groups -OCH3 is 2. The highest BCUT2D eigenvalue weighted by atomic mass is 19.1. The Bertz CT molecular complexity index is 534. The van der Waals surface area contributed by atoms with Gasteiger partial charge in [0.1, 0.15) is 5.82 Å². The van der Waals surface area contributed by atoms with Crippen LogP contribution in [0.4, 0.5) is 4.39 Å². The molecule has 1 aromatic rings. The summed E-state index contributed by atoms with van der Waals surface area (Å²) in [6, 6.07) is 5.31. The van der Waals surface area contributed by atoms with Crippen molar-refractivity contribution < 1.29 is 23.3 Å². The van der Waals surface area contributed by atoms with Crippen molar-refractivity contribution in [1.29, 1.82) is 0 Å². The standard InChI is InChI=1S/C18H26FNO4/c1-21-17(22-2)13-3-4-16(19)14(11-13)12-20-15-5-7-18(8-6-15)23-9-10-24-18/h3-4,11,15,17,20H,5-10,12H2,1-2H3. The number of hydrogen-bond acceptors (Lipinski definition) is 5. The van der Waals surface area contributed by atoms with Crippen LogP contribution in [-0.4, -0.2) is 39.3 Å². The monoisotopic (exact) mass is 339 g/mol. The normalized spacial score (nSPS) is 21.0. The Balaban J connectivity index is 1.55. The highest BCUT2D eigenvalue weighted by Crippen LogP contribution is 2.35. The Hall–Kier alpha value is -1.05. The number of benzene rings is 1. The van der Waals surface area contributed by atoms with Gasteiger partial charge < -0.3 is 24.3 Å². The molecule has 1 aliphatic heterocycles. The molecule has 1 heterocycles. The first kappa shape index (κ1) is 17.8. The average molecular weight is 339 g/mol. The van der Waals surface area contributed by atoms with Crippen molar-refractivity contribution in [2.45, 2.75) is 50.3 Å². The third kappa shape index (κ3) is 3.95. The molecule has 1 N–H and O–H groups in total. The molecular formula is C18H26FNO4. The smallest absolute Gasteiger partial charge is 0.183 e.